The smallest absolute Gasteiger partial charge is 0.0619 e. The van der Waals surface area contributed by atoms with Crippen molar-refractivity contribution in [2.45, 2.75) is 0 Å². The summed E-state index contributed by atoms with van der Waals surface area (Å²) in [6.07, 6.45) is 0. The molecule has 1 aliphatic carbocycles. The van der Waals surface area contributed by atoms with E-state index in [1.165, 1.54) is 121 Å². The Morgan fingerprint density at radius 2 is 0.879 bits per heavy atom. The molecule has 0 unspecified atom stereocenters. The molecule has 0 spiro atoms. The maximum absolute atomic E-state index is 2.49. The van der Waals surface area contributed by atoms with Crippen LogP contribution in [0.5, 0.6) is 0 Å². The first-order valence-electron chi connectivity index (χ1n) is 20.1. The van der Waals surface area contributed by atoms with Crippen LogP contribution in [0.2, 0.25) is 0 Å². The highest BCUT2D eigenvalue weighted by molar-refractivity contribution is 6.21. The molecule has 12 aromatic rings. The largest absolute Gasteiger partial charge is 0.309 e. The fourth-order valence-electron chi connectivity index (χ4n) is 10.2. The van der Waals surface area contributed by atoms with Crippen LogP contribution in [0.1, 0.15) is 0 Å². The third-order valence-corrected chi connectivity index (χ3v) is 12.7. The Labute approximate surface area is 335 Å². The van der Waals surface area contributed by atoms with Gasteiger partial charge in [-0.25, -0.2) is 0 Å². The number of aromatic nitrogens is 2. The first-order chi connectivity index (χ1) is 28.8. The van der Waals surface area contributed by atoms with Gasteiger partial charge in [0.25, 0.3) is 0 Å². The lowest BCUT2D eigenvalue weighted by atomic mass is 9.93. The van der Waals surface area contributed by atoms with Crippen molar-refractivity contribution in [3.63, 3.8) is 0 Å². The number of fused-ring (bicyclic) bond motifs is 11. The average Bonchev–Trinajstić information content (AvgIpc) is 3.93. The Morgan fingerprint density at radius 1 is 0.276 bits per heavy atom. The van der Waals surface area contributed by atoms with E-state index in [1.807, 2.05) is 0 Å². The molecule has 0 atom stereocenters. The van der Waals surface area contributed by atoms with E-state index in [1.54, 1.807) is 0 Å². The molecular formula is C56H34N2. The zero-order valence-corrected chi connectivity index (χ0v) is 31.5. The second-order valence-corrected chi connectivity index (χ2v) is 15.6. The minimum absolute atomic E-state index is 1.17. The first kappa shape index (κ1) is 31.5. The minimum atomic E-state index is 1.17. The number of hydrogen-bond acceptors (Lipinski definition) is 0. The van der Waals surface area contributed by atoms with E-state index in [2.05, 4.69) is 215 Å². The lowest BCUT2D eigenvalue weighted by molar-refractivity contribution is 1.18. The number of rotatable bonds is 4. The highest BCUT2D eigenvalue weighted by Crippen LogP contribution is 2.50. The maximum Gasteiger partial charge on any atom is 0.0619 e. The Morgan fingerprint density at radius 3 is 1.76 bits per heavy atom. The second kappa shape index (κ2) is 11.9. The molecule has 268 valence electrons. The SMILES string of the molecule is c1ccc(-n2c3ccc(-c4ccc5c6ccccc6n(-c6ccccc6-c6ccc7c8c(cccc68)-c6ccccc6-7)c5c4)cc3c3ccc4ccccc4c32)cc1. The first-order valence-corrected chi connectivity index (χ1v) is 20.1. The number of para-hydroxylation sites is 3. The van der Waals surface area contributed by atoms with Crippen LogP contribution in [-0.4, -0.2) is 9.13 Å². The quantitative estimate of drug-likeness (QED) is 0.170. The number of nitrogens with zero attached hydrogens (tertiary/aromatic N) is 2. The fourth-order valence-corrected chi connectivity index (χ4v) is 10.2. The number of benzene rings is 10. The van der Waals surface area contributed by atoms with E-state index in [0.29, 0.717) is 0 Å². The predicted octanol–water partition coefficient (Wildman–Crippen LogP) is 15.2. The molecule has 0 fully saturated rings. The van der Waals surface area contributed by atoms with Crippen LogP contribution in [0, 0.1) is 0 Å². The van der Waals surface area contributed by atoms with Gasteiger partial charge in [0.1, 0.15) is 0 Å². The molecule has 2 aromatic heterocycles. The molecule has 0 aliphatic heterocycles. The molecular weight excluding hydrogens is 701 g/mol. The summed E-state index contributed by atoms with van der Waals surface area (Å²) in [5.74, 6) is 0. The molecule has 10 aromatic carbocycles. The molecule has 0 radical (unpaired) electrons. The van der Waals surface area contributed by atoms with E-state index < -0.39 is 0 Å². The van der Waals surface area contributed by atoms with Gasteiger partial charge in [0.2, 0.25) is 0 Å². The summed E-state index contributed by atoms with van der Waals surface area (Å²) >= 11 is 0. The summed E-state index contributed by atoms with van der Waals surface area (Å²) in [4.78, 5) is 0. The Balaban J connectivity index is 1.04. The predicted molar refractivity (Wildman–Crippen MR) is 245 cm³/mol. The molecule has 2 nitrogen and oxygen atoms in total. The van der Waals surface area contributed by atoms with E-state index in [9.17, 15) is 0 Å². The topological polar surface area (TPSA) is 9.86 Å². The molecule has 2 heterocycles. The highest BCUT2D eigenvalue weighted by Gasteiger charge is 2.24. The lowest BCUT2D eigenvalue weighted by Gasteiger charge is -2.17. The van der Waals surface area contributed by atoms with Crippen LogP contribution in [0.25, 0.3) is 121 Å². The molecule has 2 heteroatoms. The van der Waals surface area contributed by atoms with Crippen LogP contribution in [0.4, 0.5) is 0 Å². The molecule has 0 saturated heterocycles. The zero-order valence-electron chi connectivity index (χ0n) is 31.5. The van der Waals surface area contributed by atoms with Crippen LogP contribution < -0.4 is 0 Å². The third-order valence-electron chi connectivity index (χ3n) is 12.7. The van der Waals surface area contributed by atoms with E-state index in [-0.39, 0.29) is 0 Å². The van der Waals surface area contributed by atoms with E-state index in [0.717, 1.165) is 0 Å². The molecule has 1 aliphatic rings. The van der Waals surface area contributed by atoms with Crippen molar-refractivity contribution in [1.82, 2.24) is 9.13 Å². The monoisotopic (exact) mass is 734 g/mol. The molecule has 58 heavy (non-hydrogen) atoms. The van der Waals surface area contributed by atoms with Gasteiger partial charge in [-0.2, -0.15) is 0 Å². The fraction of sp³-hybridized carbons (Fsp3) is 0. The molecule has 0 saturated carbocycles. The van der Waals surface area contributed by atoms with Crippen molar-refractivity contribution >= 4 is 65.2 Å². The summed E-state index contributed by atoms with van der Waals surface area (Å²) in [5.41, 5.74) is 17.3. The van der Waals surface area contributed by atoms with Gasteiger partial charge in [-0.3, -0.25) is 0 Å². The normalized spacial score (nSPS) is 12.1. The Hall–Kier alpha value is -7.68. The highest BCUT2D eigenvalue weighted by atomic mass is 15.0. The lowest BCUT2D eigenvalue weighted by Crippen LogP contribution is -1.98. The van der Waals surface area contributed by atoms with Crippen molar-refractivity contribution in [3.8, 4) is 55.9 Å². The summed E-state index contributed by atoms with van der Waals surface area (Å²) in [6.45, 7) is 0. The second-order valence-electron chi connectivity index (χ2n) is 15.6. The van der Waals surface area contributed by atoms with E-state index >= 15 is 0 Å². The van der Waals surface area contributed by atoms with Crippen molar-refractivity contribution < 1.29 is 0 Å². The molecule has 13 rings (SSSR count). The van der Waals surface area contributed by atoms with Crippen molar-refractivity contribution in [3.05, 3.63) is 206 Å². The van der Waals surface area contributed by atoms with Crippen LogP contribution in [-0.2, 0) is 0 Å². The molecule has 0 N–H and O–H groups in total. The van der Waals surface area contributed by atoms with Gasteiger partial charge in [0.05, 0.1) is 27.8 Å². The zero-order chi connectivity index (χ0) is 37.9. The van der Waals surface area contributed by atoms with Gasteiger partial charge < -0.3 is 9.13 Å². The van der Waals surface area contributed by atoms with Crippen LogP contribution >= 0.6 is 0 Å². The van der Waals surface area contributed by atoms with Crippen LogP contribution in [0.3, 0.4) is 0 Å². The van der Waals surface area contributed by atoms with Gasteiger partial charge in [0, 0.05) is 38.2 Å². The van der Waals surface area contributed by atoms with Crippen LogP contribution in [0.15, 0.2) is 206 Å². The molecule has 0 amide bonds. The van der Waals surface area contributed by atoms with Gasteiger partial charge in [-0.1, -0.05) is 164 Å². The number of hydrogen-bond donors (Lipinski definition) is 0. The maximum atomic E-state index is 2.49. The standard InChI is InChI=1S/C56H34N2/c1-2-14-38(15-3-1)57-53-32-27-36(33-50(53)49-29-25-35-13-4-5-16-39(35)56(49)57)37-26-28-45-44-20-9-11-24-52(44)58(54(45)34-37)51-23-10-8-19-43(51)42-30-31-48-41-18-7-6-17-40(41)46-21-12-22-47(42)55(46)48/h1-34H. The summed E-state index contributed by atoms with van der Waals surface area (Å²) in [7, 11) is 0. The summed E-state index contributed by atoms with van der Waals surface area (Å²) in [6, 6.07) is 76.2. The van der Waals surface area contributed by atoms with Gasteiger partial charge in [-0.05, 0) is 97.6 Å². The third kappa shape index (κ3) is 4.32. The Kier molecular flexibility index (Phi) is 6.47. The summed E-state index contributed by atoms with van der Waals surface area (Å²) < 4.78 is 4.93. The van der Waals surface area contributed by atoms with Crippen molar-refractivity contribution in [1.29, 1.82) is 0 Å². The van der Waals surface area contributed by atoms with Crippen molar-refractivity contribution in [2.75, 3.05) is 0 Å². The van der Waals surface area contributed by atoms with Crippen molar-refractivity contribution in [2.24, 2.45) is 0 Å². The molecule has 0 bridgehead atoms. The van der Waals surface area contributed by atoms with Gasteiger partial charge >= 0.3 is 0 Å². The summed E-state index contributed by atoms with van der Waals surface area (Å²) in [5, 5.41) is 10.2. The Bertz CT molecular complexity index is 3650. The average molecular weight is 735 g/mol. The van der Waals surface area contributed by atoms with Gasteiger partial charge in [0.15, 0.2) is 0 Å². The minimum Gasteiger partial charge on any atom is -0.309 e. The van der Waals surface area contributed by atoms with E-state index in [4.69, 9.17) is 0 Å². The van der Waals surface area contributed by atoms with Gasteiger partial charge in [-0.15, -0.1) is 0 Å².